The van der Waals surface area contributed by atoms with Crippen LogP contribution in [0.3, 0.4) is 0 Å². The number of carbonyl (C=O) groups is 1. The Morgan fingerprint density at radius 3 is 2.83 bits per heavy atom. The van der Waals surface area contributed by atoms with Crippen molar-refractivity contribution in [1.29, 1.82) is 0 Å². The van der Waals surface area contributed by atoms with Gasteiger partial charge in [-0.15, -0.1) is 0 Å². The Hall–Kier alpha value is -1.52. The first-order valence-corrected chi connectivity index (χ1v) is 6.52. The van der Waals surface area contributed by atoms with Crippen molar-refractivity contribution in [1.82, 2.24) is 9.78 Å². The summed E-state index contributed by atoms with van der Waals surface area (Å²) in [6.45, 7) is 3.83. The molecule has 0 aliphatic heterocycles. The third-order valence-electron chi connectivity index (χ3n) is 3.64. The van der Waals surface area contributed by atoms with E-state index in [2.05, 4.69) is 15.1 Å². The molecule has 5 heteroatoms. The fourth-order valence-corrected chi connectivity index (χ4v) is 2.55. The number of hydrogen-bond acceptors (Lipinski definition) is 4. The Balaban J connectivity index is 2.08. The number of anilines is 1. The molecule has 1 aromatic rings. The minimum absolute atomic E-state index is 0.261. The molecule has 0 saturated heterocycles. The maximum absolute atomic E-state index is 11.4. The standard InChI is InChI=1S/C13H21N3O2/c1-9(13(17)18-3)15-12-8-14-16(10(12)2)11-6-4-5-7-11/h8-9,11,15H,4-7H2,1-3H3. The minimum atomic E-state index is -0.352. The van der Waals surface area contributed by atoms with E-state index in [1.54, 1.807) is 13.1 Å². The molecule has 0 amide bonds. The predicted molar refractivity (Wildman–Crippen MR) is 69.6 cm³/mol. The summed E-state index contributed by atoms with van der Waals surface area (Å²) in [5.74, 6) is -0.261. The summed E-state index contributed by atoms with van der Waals surface area (Å²) < 4.78 is 6.78. The summed E-state index contributed by atoms with van der Waals surface area (Å²) in [6, 6.07) is 0.170. The second kappa shape index (κ2) is 5.42. The molecule has 1 aliphatic carbocycles. The van der Waals surface area contributed by atoms with Crippen LogP contribution in [0.2, 0.25) is 0 Å². The zero-order valence-corrected chi connectivity index (χ0v) is 11.3. The number of methoxy groups -OCH3 is 1. The molecule has 0 bridgehead atoms. The molecular weight excluding hydrogens is 230 g/mol. The first-order valence-electron chi connectivity index (χ1n) is 6.52. The van der Waals surface area contributed by atoms with Gasteiger partial charge < -0.3 is 10.1 Å². The number of aromatic nitrogens is 2. The first kappa shape index (κ1) is 12.9. The minimum Gasteiger partial charge on any atom is -0.467 e. The third kappa shape index (κ3) is 2.49. The van der Waals surface area contributed by atoms with E-state index in [-0.39, 0.29) is 12.0 Å². The van der Waals surface area contributed by atoms with Crippen LogP contribution in [-0.2, 0) is 9.53 Å². The normalized spacial score (nSPS) is 17.7. The summed E-state index contributed by atoms with van der Waals surface area (Å²) >= 11 is 0. The van der Waals surface area contributed by atoms with Crippen molar-refractivity contribution in [3.63, 3.8) is 0 Å². The lowest BCUT2D eigenvalue weighted by Gasteiger charge is -2.15. The fraction of sp³-hybridized carbons (Fsp3) is 0.692. The Kier molecular flexibility index (Phi) is 3.89. The molecule has 5 nitrogen and oxygen atoms in total. The molecule has 1 aliphatic rings. The van der Waals surface area contributed by atoms with Crippen molar-refractivity contribution in [3.05, 3.63) is 11.9 Å². The molecule has 1 aromatic heterocycles. The van der Waals surface area contributed by atoms with Crippen LogP contribution in [0.4, 0.5) is 5.69 Å². The average molecular weight is 251 g/mol. The number of carbonyl (C=O) groups excluding carboxylic acids is 1. The second-order valence-corrected chi connectivity index (χ2v) is 4.92. The first-order chi connectivity index (χ1) is 8.63. The molecule has 1 atom stereocenters. The van der Waals surface area contributed by atoms with Crippen LogP contribution in [0.5, 0.6) is 0 Å². The Bertz CT molecular complexity index is 422. The highest BCUT2D eigenvalue weighted by atomic mass is 16.5. The van der Waals surface area contributed by atoms with Gasteiger partial charge in [-0.3, -0.25) is 4.68 Å². The largest absolute Gasteiger partial charge is 0.467 e. The molecular formula is C13H21N3O2. The molecule has 1 unspecified atom stereocenters. The summed E-state index contributed by atoms with van der Waals surface area (Å²) in [4.78, 5) is 11.4. The van der Waals surface area contributed by atoms with E-state index in [4.69, 9.17) is 4.74 Å². The smallest absolute Gasteiger partial charge is 0.327 e. The predicted octanol–water partition coefficient (Wildman–Crippen LogP) is 2.28. The highest BCUT2D eigenvalue weighted by molar-refractivity contribution is 5.78. The SMILES string of the molecule is COC(=O)C(C)Nc1cnn(C2CCCC2)c1C. The van der Waals surface area contributed by atoms with E-state index >= 15 is 0 Å². The zero-order chi connectivity index (χ0) is 13.1. The van der Waals surface area contributed by atoms with Gasteiger partial charge in [0.25, 0.3) is 0 Å². The lowest BCUT2D eigenvalue weighted by Crippen LogP contribution is -2.27. The molecule has 1 fully saturated rings. The maximum Gasteiger partial charge on any atom is 0.327 e. The van der Waals surface area contributed by atoms with Gasteiger partial charge in [-0.25, -0.2) is 4.79 Å². The van der Waals surface area contributed by atoms with Gasteiger partial charge in [0.1, 0.15) is 6.04 Å². The van der Waals surface area contributed by atoms with Crippen molar-refractivity contribution in [2.45, 2.75) is 51.6 Å². The fourth-order valence-electron chi connectivity index (χ4n) is 2.55. The molecule has 1 N–H and O–H groups in total. The van der Waals surface area contributed by atoms with Crippen molar-refractivity contribution < 1.29 is 9.53 Å². The van der Waals surface area contributed by atoms with Gasteiger partial charge in [-0.05, 0) is 26.7 Å². The molecule has 2 rings (SSSR count). The van der Waals surface area contributed by atoms with Crippen LogP contribution in [0.15, 0.2) is 6.20 Å². The average Bonchev–Trinajstić information content (AvgIpc) is 2.99. The number of esters is 1. The van der Waals surface area contributed by atoms with E-state index in [0.29, 0.717) is 6.04 Å². The van der Waals surface area contributed by atoms with Gasteiger partial charge in [-0.2, -0.15) is 5.10 Å². The van der Waals surface area contributed by atoms with E-state index in [9.17, 15) is 4.79 Å². The number of rotatable bonds is 4. The summed E-state index contributed by atoms with van der Waals surface area (Å²) in [5.41, 5.74) is 2.01. The number of nitrogens with one attached hydrogen (secondary N) is 1. The van der Waals surface area contributed by atoms with Crippen molar-refractivity contribution >= 4 is 11.7 Å². The van der Waals surface area contributed by atoms with Gasteiger partial charge in [-0.1, -0.05) is 12.8 Å². The molecule has 18 heavy (non-hydrogen) atoms. The number of nitrogens with zero attached hydrogens (tertiary/aromatic N) is 2. The van der Waals surface area contributed by atoms with Gasteiger partial charge >= 0.3 is 5.97 Å². The van der Waals surface area contributed by atoms with Crippen LogP contribution >= 0.6 is 0 Å². The van der Waals surface area contributed by atoms with E-state index in [1.165, 1.54) is 32.8 Å². The number of ether oxygens (including phenoxy) is 1. The van der Waals surface area contributed by atoms with Crippen molar-refractivity contribution in [3.8, 4) is 0 Å². The molecule has 1 saturated carbocycles. The maximum atomic E-state index is 11.4. The quantitative estimate of drug-likeness (QED) is 0.834. The molecule has 100 valence electrons. The molecule has 0 aromatic carbocycles. The zero-order valence-electron chi connectivity index (χ0n) is 11.3. The highest BCUT2D eigenvalue weighted by Gasteiger charge is 2.21. The monoisotopic (exact) mass is 251 g/mol. The number of hydrogen-bond donors (Lipinski definition) is 1. The summed E-state index contributed by atoms with van der Waals surface area (Å²) in [5, 5.41) is 7.58. The molecule has 0 radical (unpaired) electrons. The summed E-state index contributed by atoms with van der Waals surface area (Å²) in [6.07, 6.45) is 6.77. The van der Waals surface area contributed by atoms with Gasteiger partial charge in [0.05, 0.1) is 30.7 Å². The van der Waals surface area contributed by atoms with Crippen LogP contribution < -0.4 is 5.32 Å². The Labute approximate surface area is 108 Å². The lowest BCUT2D eigenvalue weighted by molar-refractivity contribution is -0.141. The van der Waals surface area contributed by atoms with Crippen molar-refractivity contribution in [2.24, 2.45) is 0 Å². The third-order valence-corrected chi connectivity index (χ3v) is 3.64. The Morgan fingerprint density at radius 2 is 2.22 bits per heavy atom. The van der Waals surface area contributed by atoms with E-state index in [1.807, 2.05) is 6.92 Å². The van der Waals surface area contributed by atoms with Crippen LogP contribution in [-0.4, -0.2) is 28.9 Å². The summed E-state index contributed by atoms with van der Waals surface area (Å²) in [7, 11) is 1.40. The van der Waals surface area contributed by atoms with Gasteiger partial charge in [0, 0.05) is 0 Å². The lowest BCUT2D eigenvalue weighted by atomic mass is 10.2. The van der Waals surface area contributed by atoms with Crippen molar-refractivity contribution in [2.75, 3.05) is 12.4 Å². The van der Waals surface area contributed by atoms with Crippen LogP contribution in [0.1, 0.15) is 44.3 Å². The van der Waals surface area contributed by atoms with Gasteiger partial charge in [0.2, 0.25) is 0 Å². The Morgan fingerprint density at radius 1 is 1.56 bits per heavy atom. The van der Waals surface area contributed by atoms with Gasteiger partial charge in [0.15, 0.2) is 0 Å². The molecule has 0 spiro atoms. The van der Waals surface area contributed by atoms with Crippen LogP contribution in [0, 0.1) is 6.92 Å². The highest BCUT2D eigenvalue weighted by Crippen LogP contribution is 2.31. The topological polar surface area (TPSA) is 56.1 Å². The van der Waals surface area contributed by atoms with E-state index in [0.717, 1.165) is 11.4 Å². The second-order valence-electron chi connectivity index (χ2n) is 4.92. The van der Waals surface area contributed by atoms with Crippen LogP contribution in [0.25, 0.3) is 0 Å². The van der Waals surface area contributed by atoms with E-state index < -0.39 is 0 Å². The molecule has 1 heterocycles.